The normalized spacial score (nSPS) is 14.2. The number of hydrogen-bond acceptors (Lipinski definition) is 5. The van der Waals surface area contributed by atoms with Gasteiger partial charge in [-0.1, -0.05) is 24.3 Å². The molecule has 1 fully saturated rings. The third-order valence-corrected chi connectivity index (χ3v) is 4.33. The average Bonchev–Trinajstić information content (AvgIpc) is 3.32. The highest BCUT2D eigenvalue weighted by molar-refractivity contribution is 6.29. The summed E-state index contributed by atoms with van der Waals surface area (Å²) in [5, 5.41) is 7.68. The molecule has 0 bridgehead atoms. The number of pyridine rings is 1. The van der Waals surface area contributed by atoms with Gasteiger partial charge in [-0.3, -0.25) is 14.6 Å². The maximum atomic E-state index is 12.8. The van der Waals surface area contributed by atoms with Crippen LogP contribution < -0.4 is 10.1 Å². The molecule has 0 aromatic carbocycles. The fraction of sp³-hybridized carbons (Fsp3) is 0.263. The van der Waals surface area contributed by atoms with E-state index in [1.165, 1.54) is 4.90 Å². The highest BCUT2D eigenvalue weighted by atomic mass is 35.5. The van der Waals surface area contributed by atoms with Crippen LogP contribution in [0.3, 0.4) is 0 Å². The number of carbonyl (C=O) groups excluding carboxylic acids is 2. The van der Waals surface area contributed by atoms with Crippen LogP contribution in [-0.4, -0.2) is 51.8 Å². The van der Waals surface area contributed by atoms with Crippen LogP contribution in [0.1, 0.15) is 23.8 Å². The van der Waals surface area contributed by atoms with Crippen molar-refractivity contribution >= 4 is 29.1 Å². The second-order valence-corrected chi connectivity index (χ2v) is 6.86. The molecule has 0 unspecified atom stereocenters. The summed E-state index contributed by atoms with van der Waals surface area (Å²) in [7, 11) is 1.55. The zero-order valence-corrected chi connectivity index (χ0v) is 16.4. The zero-order valence-electron chi connectivity index (χ0n) is 15.6. The smallest absolute Gasteiger partial charge is 0.276 e. The summed E-state index contributed by atoms with van der Waals surface area (Å²) >= 11 is 5.93. The maximum Gasteiger partial charge on any atom is 0.276 e. The molecule has 1 saturated heterocycles. The molecule has 0 atom stereocenters. The van der Waals surface area contributed by atoms with Crippen molar-refractivity contribution in [3.8, 4) is 17.0 Å². The Hall–Kier alpha value is -3.13. The number of allylic oxidation sites excluding steroid dienone is 3. The Morgan fingerprint density at radius 1 is 1.43 bits per heavy atom. The lowest BCUT2D eigenvalue weighted by Crippen LogP contribution is -2.30. The van der Waals surface area contributed by atoms with Gasteiger partial charge in [0.05, 0.1) is 25.7 Å². The Bertz CT molecular complexity index is 962. The molecule has 1 aliphatic heterocycles. The monoisotopic (exact) mass is 401 g/mol. The molecule has 1 N–H and O–H groups in total. The second kappa shape index (κ2) is 8.26. The molecular weight excluding hydrogens is 382 g/mol. The number of methoxy groups -OCH3 is 1. The molecule has 0 saturated carbocycles. The third-order valence-electron chi connectivity index (χ3n) is 4.18. The van der Waals surface area contributed by atoms with Gasteiger partial charge in [0.1, 0.15) is 12.3 Å². The largest absolute Gasteiger partial charge is 0.495 e. The molecule has 3 heterocycles. The topological polar surface area (TPSA) is 89.4 Å². The van der Waals surface area contributed by atoms with Gasteiger partial charge in [0.2, 0.25) is 5.91 Å². The number of ether oxygens (including phenoxy) is 1. The molecule has 28 heavy (non-hydrogen) atoms. The molecule has 2 aromatic heterocycles. The Morgan fingerprint density at radius 2 is 2.21 bits per heavy atom. The van der Waals surface area contributed by atoms with Crippen molar-refractivity contribution in [1.82, 2.24) is 25.0 Å². The number of nitrogens with one attached hydrogen (secondary N) is 1. The van der Waals surface area contributed by atoms with Crippen LogP contribution in [0, 0.1) is 0 Å². The van der Waals surface area contributed by atoms with Crippen LogP contribution in [-0.2, 0) is 4.79 Å². The van der Waals surface area contributed by atoms with E-state index >= 15 is 0 Å². The quantitative estimate of drug-likeness (QED) is 0.803. The van der Waals surface area contributed by atoms with E-state index in [-0.39, 0.29) is 30.7 Å². The Balaban J connectivity index is 2.01. The Kier molecular flexibility index (Phi) is 5.79. The first-order chi connectivity index (χ1) is 13.4. The summed E-state index contributed by atoms with van der Waals surface area (Å²) in [5.41, 5.74) is 2.20. The highest BCUT2D eigenvalue weighted by Gasteiger charge is 2.27. The van der Waals surface area contributed by atoms with Crippen LogP contribution >= 0.6 is 11.6 Å². The van der Waals surface area contributed by atoms with E-state index in [4.69, 9.17) is 16.3 Å². The summed E-state index contributed by atoms with van der Waals surface area (Å²) in [6.45, 7) is 6.01. The lowest BCUT2D eigenvalue weighted by Gasteiger charge is -2.11. The van der Waals surface area contributed by atoms with Crippen LogP contribution in [0.2, 0.25) is 0 Å². The standard InChI is InChI=1S/C19H20ClN5O3/c1-12(20)4-5-13(2)25-17(14-6-15(28-3)9-21-8-14)7-16(23-25)19(27)24-10-18(26)22-11-24/h4,6-9H,2,5,10-11H2,1,3H3,(H,22,26)/b12-4+. The number of carbonyl (C=O) groups is 2. The molecule has 1 aliphatic rings. The maximum absolute atomic E-state index is 12.8. The second-order valence-electron chi connectivity index (χ2n) is 6.26. The van der Waals surface area contributed by atoms with E-state index in [1.807, 2.05) is 6.08 Å². The van der Waals surface area contributed by atoms with Crippen molar-refractivity contribution in [3.05, 3.63) is 47.9 Å². The van der Waals surface area contributed by atoms with Gasteiger partial charge in [0.25, 0.3) is 5.91 Å². The molecule has 2 aromatic rings. The van der Waals surface area contributed by atoms with Gasteiger partial charge in [-0.15, -0.1) is 0 Å². The Labute approximate surface area is 167 Å². The minimum Gasteiger partial charge on any atom is -0.495 e. The molecule has 0 spiro atoms. The van der Waals surface area contributed by atoms with Gasteiger partial charge < -0.3 is 15.0 Å². The third kappa shape index (κ3) is 4.23. The first kappa shape index (κ1) is 19.6. The predicted octanol–water partition coefficient (Wildman–Crippen LogP) is 2.49. The van der Waals surface area contributed by atoms with Crippen molar-refractivity contribution in [2.45, 2.75) is 13.3 Å². The summed E-state index contributed by atoms with van der Waals surface area (Å²) in [4.78, 5) is 29.7. The number of halogens is 1. The summed E-state index contributed by atoms with van der Waals surface area (Å²) in [6, 6.07) is 3.45. The summed E-state index contributed by atoms with van der Waals surface area (Å²) in [6.07, 6.45) is 5.51. The van der Waals surface area contributed by atoms with Gasteiger partial charge in [0.15, 0.2) is 5.69 Å². The van der Waals surface area contributed by atoms with Crippen molar-refractivity contribution in [2.24, 2.45) is 0 Å². The van der Waals surface area contributed by atoms with E-state index in [1.54, 1.807) is 43.2 Å². The molecule has 0 aliphatic carbocycles. The van der Waals surface area contributed by atoms with Crippen LogP contribution in [0.5, 0.6) is 5.75 Å². The van der Waals surface area contributed by atoms with Crippen LogP contribution in [0.15, 0.2) is 42.2 Å². The molecular formula is C19H20ClN5O3. The first-order valence-electron chi connectivity index (χ1n) is 8.55. The number of hydrogen-bond donors (Lipinski definition) is 1. The molecule has 9 heteroatoms. The van der Waals surface area contributed by atoms with Crippen molar-refractivity contribution in [2.75, 3.05) is 20.3 Å². The van der Waals surface area contributed by atoms with Crippen molar-refractivity contribution in [3.63, 3.8) is 0 Å². The SMILES string of the molecule is C=C(C/C=C(\C)Cl)n1nc(C(=O)N2CNC(=O)C2)cc1-c1cncc(OC)c1. The van der Waals surface area contributed by atoms with E-state index in [0.29, 0.717) is 34.2 Å². The van der Waals surface area contributed by atoms with Crippen molar-refractivity contribution < 1.29 is 14.3 Å². The van der Waals surface area contributed by atoms with Crippen LogP contribution in [0.25, 0.3) is 17.0 Å². The van der Waals surface area contributed by atoms with E-state index < -0.39 is 0 Å². The highest BCUT2D eigenvalue weighted by Crippen LogP contribution is 2.27. The molecule has 3 rings (SSSR count). The fourth-order valence-corrected chi connectivity index (χ4v) is 2.80. The minimum absolute atomic E-state index is 0.0108. The number of rotatable bonds is 6. The van der Waals surface area contributed by atoms with Gasteiger partial charge in [-0.25, -0.2) is 4.68 Å². The van der Waals surface area contributed by atoms with E-state index in [0.717, 1.165) is 0 Å². The first-order valence-corrected chi connectivity index (χ1v) is 8.92. The summed E-state index contributed by atoms with van der Waals surface area (Å²) < 4.78 is 6.83. The van der Waals surface area contributed by atoms with E-state index in [2.05, 4.69) is 22.0 Å². The number of aromatic nitrogens is 3. The predicted molar refractivity (Wildman–Crippen MR) is 106 cm³/mol. The lowest BCUT2D eigenvalue weighted by atomic mass is 10.1. The fourth-order valence-electron chi connectivity index (χ4n) is 2.72. The van der Waals surface area contributed by atoms with Gasteiger partial charge >= 0.3 is 0 Å². The van der Waals surface area contributed by atoms with Gasteiger partial charge in [0, 0.05) is 28.9 Å². The van der Waals surface area contributed by atoms with Crippen LogP contribution in [0.4, 0.5) is 0 Å². The number of amides is 2. The van der Waals surface area contributed by atoms with Gasteiger partial charge in [-0.2, -0.15) is 5.10 Å². The summed E-state index contributed by atoms with van der Waals surface area (Å²) in [5.74, 6) is 0.0396. The average molecular weight is 402 g/mol. The van der Waals surface area contributed by atoms with Gasteiger partial charge in [-0.05, 0) is 19.1 Å². The Morgan fingerprint density at radius 3 is 2.86 bits per heavy atom. The molecule has 146 valence electrons. The lowest BCUT2D eigenvalue weighted by molar-refractivity contribution is -0.118. The molecule has 0 radical (unpaired) electrons. The minimum atomic E-state index is -0.342. The number of nitrogens with zero attached hydrogens (tertiary/aromatic N) is 4. The molecule has 8 nitrogen and oxygen atoms in total. The van der Waals surface area contributed by atoms with E-state index in [9.17, 15) is 9.59 Å². The molecule has 2 amide bonds. The zero-order chi connectivity index (χ0) is 20.3. The van der Waals surface area contributed by atoms with Crippen molar-refractivity contribution in [1.29, 1.82) is 0 Å².